The van der Waals surface area contributed by atoms with E-state index in [1.165, 1.54) is 5.56 Å². The van der Waals surface area contributed by atoms with Gasteiger partial charge in [-0.15, -0.1) is 0 Å². The van der Waals surface area contributed by atoms with Crippen LogP contribution in [-0.2, 0) is 12.0 Å². The van der Waals surface area contributed by atoms with E-state index >= 15 is 0 Å². The van der Waals surface area contributed by atoms with Crippen molar-refractivity contribution in [1.82, 2.24) is 5.32 Å². The van der Waals surface area contributed by atoms with Gasteiger partial charge in [-0.25, -0.2) is 0 Å². The number of nitrogens with one attached hydrogen (secondary N) is 1. The first-order valence-electron chi connectivity index (χ1n) is 10.3. The number of hydrogen-bond acceptors (Lipinski definition) is 5. The molecule has 2 heterocycles. The second-order valence-electron chi connectivity index (χ2n) is 8.17. The Hall–Kier alpha value is -2.24. The van der Waals surface area contributed by atoms with Crippen molar-refractivity contribution in [1.29, 1.82) is 0 Å². The van der Waals surface area contributed by atoms with Crippen LogP contribution in [-0.4, -0.2) is 30.6 Å². The molecule has 0 spiro atoms. The topological polar surface area (TPSA) is 60.0 Å². The summed E-state index contributed by atoms with van der Waals surface area (Å²) in [5.41, 5.74) is 1.46. The third kappa shape index (κ3) is 3.45. The molecule has 0 bridgehead atoms. The second kappa shape index (κ2) is 7.30. The van der Waals surface area contributed by atoms with Crippen molar-refractivity contribution in [3.05, 3.63) is 53.6 Å². The molecule has 1 atom stereocenters. The third-order valence-corrected chi connectivity index (χ3v) is 6.36. The van der Waals surface area contributed by atoms with Gasteiger partial charge in [0.15, 0.2) is 11.5 Å². The van der Waals surface area contributed by atoms with Crippen molar-refractivity contribution < 1.29 is 19.3 Å². The number of aryl methyl sites for hydroxylation is 1. The molecule has 2 aliphatic heterocycles. The lowest BCUT2D eigenvalue weighted by Gasteiger charge is -2.37. The van der Waals surface area contributed by atoms with Crippen LogP contribution in [0, 0.1) is 0 Å². The lowest BCUT2D eigenvalue weighted by atomic mass is 9.77. The average molecular weight is 381 g/mol. The summed E-state index contributed by atoms with van der Waals surface area (Å²) in [7, 11) is 0. The predicted molar refractivity (Wildman–Crippen MR) is 106 cm³/mol. The van der Waals surface area contributed by atoms with Crippen LogP contribution >= 0.6 is 0 Å². The van der Waals surface area contributed by atoms with Gasteiger partial charge in [0.1, 0.15) is 11.9 Å². The first kappa shape index (κ1) is 17.8. The van der Waals surface area contributed by atoms with E-state index in [0.29, 0.717) is 6.04 Å². The molecule has 5 nitrogen and oxygen atoms in total. The molecule has 148 valence electrons. The summed E-state index contributed by atoms with van der Waals surface area (Å²) < 4.78 is 17.0. The summed E-state index contributed by atoms with van der Waals surface area (Å²) >= 11 is 0. The first-order chi connectivity index (χ1) is 13.7. The van der Waals surface area contributed by atoms with E-state index in [-0.39, 0.29) is 12.9 Å². The lowest BCUT2D eigenvalue weighted by molar-refractivity contribution is -0.00934. The highest BCUT2D eigenvalue weighted by Gasteiger charge is 2.36. The summed E-state index contributed by atoms with van der Waals surface area (Å²) in [6.45, 7) is 1.12. The van der Waals surface area contributed by atoms with E-state index in [1.807, 2.05) is 24.3 Å². The summed E-state index contributed by atoms with van der Waals surface area (Å²) in [5, 5.41) is 14.8. The van der Waals surface area contributed by atoms with Crippen LogP contribution in [0.1, 0.15) is 43.2 Å². The van der Waals surface area contributed by atoms with Crippen molar-refractivity contribution in [2.24, 2.45) is 0 Å². The van der Waals surface area contributed by atoms with E-state index in [4.69, 9.17) is 14.2 Å². The van der Waals surface area contributed by atoms with Gasteiger partial charge in [0.2, 0.25) is 6.79 Å². The smallest absolute Gasteiger partial charge is 0.231 e. The molecule has 1 saturated carbocycles. The van der Waals surface area contributed by atoms with Crippen LogP contribution in [0.2, 0.25) is 0 Å². The second-order valence-corrected chi connectivity index (χ2v) is 8.17. The average Bonchev–Trinajstić information content (AvgIpc) is 3.21. The van der Waals surface area contributed by atoms with Gasteiger partial charge >= 0.3 is 0 Å². The molecule has 0 amide bonds. The molecule has 1 aliphatic carbocycles. The fraction of sp³-hybridized carbons (Fsp3) is 0.478. The molecule has 5 rings (SSSR count). The molecule has 2 aromatic rings. The third-order valence-electron chi connectivity index (χ3n) is 6.36. The maximum Gasteiger partial charge on any atom is 0.231 e. The predicted octanol–water partition coefficient (Wildman–Crippen LogP) is 3.53. The molecule has 3 aliphatic rings. The van der Waals surface area contributed by atoms with Crippen LogP contribution < -0.4 is 19.5 Å². The summed E-state index contributed by atoms with van der Waals surface area (Å²) in [5.74, 6) is 2.53. The Morgan fingerprint density at radius 2 is 1.79 bits per heavy atom. The number of rotatable bonds is 4. The minimum absolute atomic E-state index is 0.226. The van der Waals surface area contributed by atoms with Crippen molar-refractivity contribution in [3.8, 4) is 17.2 Å². The van der Waals surface area contributed by atoms with Crippen LogP contribution in [0.5, 0.6) is 17.2 Å². The van der Waals surface area contributed by atoms with Gasteiger partial charge in [0.25, 0.3) is 0 Å². The number of ether oxygens (including phenoxy) is 3. The van der Waals surface area contributed by atoms with Crippen LogP contribution in [0.3, 0.4) is 0 Å². The monoisotopic (exact) mass is 381 g/mol. The Bertz CT molecular complexity index is 844. The van der Waals surface area contributed by atoms with Gasteiger partial charge in [-0.3, -0.25) is 0 Å². The number of benzene rings is 2. The maximum absolute atomic E-state index is 11.2. The minimum Gasteiger partial charge on any atom is -0.489 e. The molecule has 0 aromatic heterocycles. The standard InChI is InChI=1S/C23H27NO4/c25-23(17-6-8-21-22(13-17)27-15-26-21)11-9-18(10-12-23)24-14-19-7-5-16-3-1-2-4-20(16)28-19/h1-4,6,8,13,18-19,24-25H,5,7,9-12,14-15H2. The van der Waals surface area contributed by atoms with E-state index in [2.05, 4.69) is 23.5 Å². The highest BCUT2D eigenvalue weighted by molar-refractivity contribution is 5.46. The SMILES string of the molecule is OC1(c2ccc3c(c2)OCO3)CCC(NCC2CCc3ccccc3O2)CC1. The molecule has 0 radical (unpaired) electrons. The van der Waals surface area contributed by atoms with Crippen molar-refractivity contribution in [2.75, 3.05) is 13.3 Å². The van der Waals surface area contributed by atoms with Gasteiger partial charge in [0, 0.05) is 12.6 Å². The number of fused-ring (bicyclic) bond motifs is 2. The fourth-order valence-electron chi connectivity index (χ4n) is 4.60. The van der Waals surface area contributed by atoms with Crippen molar-refractivity contribution in [3.63, 3.8) is 0 Å². The Morgan fingerprint density at radius 1 is 0.964 bits per heavy atom. The summed E-state index contributed by atoms with van der Waals surface area (Å²) in [4.78, 5) is 0. The number of hydrogen-bond donors (Lipinski definition) is 2. The van der Waals surface area contributed by atoms with Crippen LogP contribution in [0.15, 0.2) is 42.5 Å². The molecule has 5 heteroatoms. The van der Waals surface area contributed by atoms with Gasteiger partial charge in [0.05, 0.1) is 5.60 Å². The lowest BCUT2D eigenvalue weighted by Crippen LogP contribution is -2.44. The van der Waals surface area contributed by atoms with Crippen molar-refractivity contribution >= 4 is 0 Å². The van der Waals surface area contributed by atoms with Crippen molar-refractivity contribution in [2.45, 2.75) is 56.3 Å². The molecule has 2 aromatic carbocycles. The zero-order chi connectivity index (χ0) is 19.0. The Kier molecular flexibility index (Phi) is 4.65. The summed E-state index contributed by atoms with van der Waals surface area (Å²) in [6, 6.07) is 14.5. The van der Waals surface area contributed by atoms with Crippen LogP contribution in [0.4, 0.5) is 0 Å². The largest absolute Gasteiger partial charge is 0.489 e. The fourth-order valence-corrected chi connectivity index (χ4v) is 4.60. The molecule has 1 fully saturated rings. The van der Waals surface area contributed by atoms with E-state index < -0.39 is 5.60 Å². The minimum atomic E-state index is -0.778. The Balaban J connectivity index is 1.14. The quantitative estimate of drug-likeness (QED) is 0.849. The molecule has 2 N–H and O–H groups in total. The van der Waals surface area contributed by atoms with E-state index in [1.54, 1.807) is 0 Å². The maximum atomic E-state index is 11.2. The van der Waals surface area contributed by atoms with Gasteiger partial charge in [-0.1, -0.05) is 24.3 Å². The Labute approximate surface area is 165 Å². The van der Waals surface area contributed by atoms with Crippen LogP contribution in [0.25, 0.3) is 0 Å². The zero-order valence-electron chi connectivity index (χ0n) is 16.0. The number of para-hydroxylation sites is 1. The molecular formula is C23H27NO4. The van der Waals surface area contributed by atoms with Gasteiger partial charge in [-0.05, 0) is 67.9 Å². The van der Waals surface area contributed by atoms with E-state index in [9.17, 15) is 5.11 Å². The summed E-state index contributed by atoms with van der Waals surface area (Å²) in [6.07, 6.45) is 5.76. The molecule has 0 saturated heterocycles. The highest BCUT2D eigenvalue weighted by Crippen LogP contribution is 2.41. The highest BCUT2D eigenvalue weighted by atomic mass is 16.7. The molecule has 28 heavy (non-hydrogen) atoms. The van der Waals surface area contributed by atoms with E-state index in [0.717, 1.165) is 67.9 Å². The Morgan fingerprint density at radius 3 is 2.68 bits per heavy atom. The molecule has 1 unspecified atom stereocenters. The number of aliphatic hydroxyl groups is 1. The van der Waals surface area contributed by atoms with Gasteiger partial charge in [-0.2, -0.15) is 0 Å². The normalized spacial score (nSPS) is 28.5. The zero-order valence-corrected chi connectivity index (χ0v) is 16.0. The molecular weight excluding hydrogens is 354 g/mol. The van der Waals surface area contributed by atoms with Gasteiger partial charge < -0.3 is 24.6 Å². The first-order valence-corrected chi connectivity index (χ1v) is 10.3.